The number of benzene rings is 1. The number of phenolic OH excluding ortho intramolecular Hbond substituents is 1. The van der Waals surface area contributed by atoms with E-state index in [0.29, 0.717) is 18.8 Å². The van der Waals surface area contributed by atoms with Crippen molar-refractivity contribution in [3.05, 3.63) is 59.4 Å². The normalized spacial score (nSPS) is 17.7. The first kappa shape index (κ1) is 14.1. The van der Waals surface area contributed by atoms with Gasteiger partial charge in [-0.05, 0) is 47.7 Å². The summed E-state index contributed by atoms with van der Waals surface area (Å²) >= 11 is 0. The number of aromatic hydroxyl groups is 1. The Labute approximate surface area is 135 Å². The minimum Gasteiger partial charge on any atom is -0.508 e. The predicted molar refractivity (Wildman–Crippen MR) is 85.9 cm³/mol. The van der Waals surface area contributed by atoms with Gasteiger partial charge in [-0.3, -0.25) is 4.98 Å². The van der Waals surface area contributed by atoms with Gasteiger partial charge in [-0.2, -0.15) is 0 Å². The largest absolute Gasteiger partial charge is 0.508 e. The molecule has 5 nitrogen and oxygen atoms in total. The molecular formula is C18H19N3O2. The van der Waals surface area contributed by atoms with Gasteiger partial charge in [0.05, 0.1) is 0 Å². The predicted octanol–water partition coefficient (Wildman–Crippen LogP) is 2.54. The Hall–Kier alpha value is -2.56. The maximum atomic E-state index is 12.5. The molecule has 1 aliphatic heterocycles. The molecule has 2 aliphatic rings. The smallest absolute Gasteiger partial charge is 0.317 e. The second-order valence-electron chi connectivity index (χ2n) is 6.50. The van der Waals surface area contributed by atoms with E-state index in [0.717, 1.165) is 30.5 Å². The molecule has 2 heterocycles. The molecule has 2 amide bonds. The standard InChI is InChI=1S/C18H19N3O2/c22-15-4-3-14-11-21(12-18(5-6-18)16(14)8-15)17(23)20-10-13-2-1-7-19-9-13/h1-4,7-9,22H,5-6,10-12H2,(H,20,23). The highest BCUT2D eigenvalue weighted by atomic mass is 16.3. The van der Waals surface area contributed by atoms with Gasteiger partial charge in [0.2, 0.25) is 0 Å². The molecule has 1 spiro atoms. The van der Waals surface area contributed by atoms with Crippen LogP contribution in [0.5, 0.6) is 5.75 Å². The first-order chi connectivity index (χ1) is 11.2. The van der Waals surface area contributed by atoms with Gasteiger partial charge in [0.1, 0.15) is 5.75 Å². The number of phenols is 1. The van der Waals surface area contributed by atoms with Crippen LogP contribution < -0.4 is 5.32 Å². The molecule has 0 radical (unpaired) electrons. The van der Waals surface area contributed by atoms with Crippen molar-refractivity contribution in [2.75, 3.05) is 6.54 Å². The van der Waals surface area contributed by atoms with Crippen LogP contribution in [-0.2, 0) is 18.5 Å². The molecule has 1 fully saturated rings. The Morgan fingerprint density at radius 2 is 2.22 bits per heavy atom. The summed E-state index contributed by atoms with van der Waals surface area (Å²) in [5.74, 6) is 0.310. The Kier molecular flexibility index (Phi) is 3.22. The Morgan fingerprint density at radius 3 is 2.96 bits per heavy atom. The molecule has 4 rings (SSSR count). The van der Waals surface area contributed by atoms with Crippen molar-refractivity contribution < 1.29 is 9.90 Å². The second kappa shape index (κ2) is 5.26. The number of pyridine rings is 1. The second-order valence-corrected chi connectivity index (χ2v) is 6.50. The van der Waals surface area contributed by atoms with Crippen molar-refractivity contribution in [2.24, 2.45) is 0 Å². The first-order valence-electron chi connectivity index (χ1n) is 7.90. The van der Waals surface area contributed by atoms with E-state index in [-0.39, 0.29) is 11.4 Å². The van der Waals surface area contributed by atoms with Gasteiger partial charge >= 0.3 is 6.03 Å². The third-order valence-corrected chi connectivity index (χ3v) is 4.83. The average Bonchev–Trinajstić information content (AvgIpc) is 3.34. The molecule has 5 heteroatoms. The molecule has 1 aliphatic carbocycles. The van der Waals surface area contributed by atoms with Gasteiger partial charge in [-0.1, -0.05) is 12.1 Å². The van der Waals surface area contributed by atoms with Crippen molar-refractivity contribution in [1.29, 1.82) is 0 Å². The van der Waals surface area contributed by atoms with Crippen LogP contribution in [0.15, 0.2) is 42.7 Å². The average molecular weight is 309 g/mol. The number of nitrogens with one attached hydrogen (secondary N) is 1. The van der Waals surface area contributed by atoms with E-state index >= 15 is 0 Å². The highest BCUT2D eigenvalue weighted by Gasteiger charge is 2.50. The van der Waals surface area contributed by atoms with Gasteiger partial charge in [-0.25, -0.2) is 4.79 Å². The molecular weight excluding hydrogens is 290 g/mol. The molecule has 2 N–H and O–H groups in total. The number of fused-ring (bicyclic) bond motifs is 2. The fourth-order valence-electron chi connectivity index (χ4n) is 3.42. The lowest BCUT2D eigenvalue weighted by Gasteiger charge is -2.35. The van der Waals surface area contributed by atoms with Gasteiger partial charge < -0.3 is 15.3 Å². The van der Waals surface area contributed by atoms with E-state index in [1.54, 1.807) is 18.5 Å². The lowest BCUT2D eigenvalue weighted by Crippen LogP contribution is -2.46. The van der Waals surface area contributed by atoms with Crippen LogP contribution in [0.3, 0.4) is 0 Å². The Balaban J connectivity index is 1.48. The van der Waals surface area contributed by atoms with Crippen molar-refractivity contribution in [3.8, 4) is 5.75 Å². The summed E-state index contributed by atoms with van der Waals surface area (Å²) < 4.78 is 0. The summed E-state index contributed by atoms with van der Waals surface area (Å²) in [5.41, 5.74) is 3.40. The number of nitrogens with zero attached hydrogens (tertiary/aromatic N) is 2. The van der Waals surface area contributed by atoms with Gasteiger partial charge in [-0.15, -0.1) is 0 Å². The molecule has 118 valence electrons. The van der Waals surface area contributed by atoms with Crippen molar-refractivity contribution in [1.82, 2.24) is 15.2 Å². The van der Waals surface area contributed by atoms with Gasteiger partial charge in [0.25, 0.3) is 0 Å². The number of urea groups is 1. The van der Waals surface area contributed by atoms with Gasteiger partial charge in [0, 0.05) is 37.4 Å². The number of hydrogen-bond donors (Lipinski definition) is 2. The summed E-state index contributed by atoms with van der Waals surface area (Å²) in [6.07, 6.45) is 5.64. The van der Waals surface area contributed by atoms with E-state index in [9.17, 15) is 9.90 Å². The summed E-state index contributed by atoms with van der Waals surface area (Å²) in [4.78, 5) is 18.4. The summed E-state index contributed by atoms with van der Waals surface area (Å²) in [5, 5.41) is 12.7. The van der Waals surface area contributed by atoms with Gasteiger partial charge in [0.15, 0.2) is 0 Å². The Bertz CT molecular complexity index is 741. The van der Waals surface area contributed by atoms with Crippen LogP contribution >= 0.6 is 0 Å². The molecule has 0 atom stereocenters. The van der Waals surface area contributed by atoms with Crippen LogP contribution in [0.25, 0.3) is 0 Å². The third-order valence-electron chi connectivity index (χ3n) is 4.83. The molecule has 0 bridgehead atoms. The van der Waals surface area contributed by atoms with E-state index in [2.05, 4.69) is 10.3 Å². The highest BCUT2D eigenvalue weighted by molar-refractivity contribution is 5.75. The minimum absolute atomic E-state index is 0.0427. The molecule has 0 saturated heterocycles. The zero-order valence-electron chi connectivity index (χ0n) is 12.8. The maximum Gasteiger partial charge on any atom is 0.317 e. The monoisotopic (exact) mass is 309 g/mol. The van der Waals surface area contributed by atoms with Crippen LogP contribution in [0.4, 0.5) is 4.79 Å². The topological polar surface area (TPSA) is 65.5 Å². The van der Waals surface area contributed by atoms with Crippen molar-refractivity contribution in [3.63, 3.8) is 0 Å². The first-order valence-corrected chi connectivity index (χ1v) is 7.90. The zero-order valence-corrected chi connectivity index (χ0v) is 12.8. The van der Waals surface area contributed by atoms with Crippen molar-refractivity contribution in [2.45, 2.75) is 31.3 Å². The fourth-order valence-corrected chi connectivity index (χ4v) is 3.42. The summed E-state index contributed by atoms with van der Waals surface area (Å²) in [7, 11) is 0. The number of rotatable bonds is 2. The third kappa shape index (κ3) is 2.63. The molecule has 0 unspecified atom stereocenters. The number of carbonyl (C=O) groups is 1. The van der Waals surface area contributed by atoms with Crippen LogP contribution in [0.1, 0.15) is 29.5 Å². The minimum atomic E-state index is -0.0427. The lowest BCUT2D eigenvalue weighted by atomic mass is 9.87. The lowest BCUT2D eigenvalue weighted by molar-refractivity contribution is 0.183. The summed E-state index contributed by atoms with van der Waals surface area (Å²) in [6, 6.07) is 9.28. The van der Waals surface area contributed by atoms with Crippen LogP contribution in [0.2, 0.25) is 0 Å². The van der Waals surface area contributed by atoms with E-state index < -0.39 is 0 Å². The number of hydrogen-bond acceptors (Lipinski definition) is 3. The molecule has 1 saturated carbocycles. The SMILES string of the molecule is O=C(NCc1cccnc1)N1Cc2ccc(O)cc2C2(CC2)C1. The maximum absolute atomic E-state index is 12.5. The molecule has 1 aromatic heterocycles. The Morgan fingerprint density at radius 1 is 1.35 bits per heavy atom. The summed E-state index contributed by atoms with van der Waals surface area (Å²) in [6.45, 7) is 1.80. The zero-order chi connectivity index (χ0) is 15.9. The number of amides is 2. The van der Waals surface area contributed by atoms with E-state index in [1.807, 2.05) is 29.2 Å². The molecule has 23 heavy (non-hydrogen) atoms. The van der Waals surface area contributed by atoms with E-state index in [4.69, 9.17) is 0 Å². The highest BCUT2D eigenvalue weighted by Crippen LogP contribution is 2.52. The molecule has 2 aromatic rings. The number of aromatic nitrogens is 1. The van der Waals surface area contributed by atoms with Crippen LogP contribution in [-0.4, -0.2) is 27.6 Å². The van der Waals surface area contributed by atoms with E-state index in [1.165, 1.54) is 5.56 Å². The molecule has 1 aromatic carbocycles. The van der Waals surface area contributed by atoms with Crippen molar-refractivity contribution >= 4 is 6.03 Å². The fraction of sp³-hybridized carbons (Fsp3) is 0.333. The quantitative estimate of drug-likeness (QED) is 0.896. The number of carbonyl (C=O) groups excluding carboxylic acids is 1. The van der Waals surface area contributed by atoms with Crippen LogP contribution in [0, 0.1) is 0 Å².